The third-order valence-corrected chi connectivity index (χ3v) is 3.51. The summed E-state index contributed by atoms with van der Waals surface area (Å²) in [6, 6.07) is 14.0. The lowest BCUT2D eigenvalue weighted by atomic mass is 10.3. The zero-order chi connectivity index (χ0) is 13.5. The van der Waals surface area contributed by atoms with Gasteiger partial charge in [-0.05, 0) is 42.8 Å². The summed E-state index contributed by atoms with van der Waals surface area (Å²) < 4.78 is 5.15. The number of hydrogen-bond acceptors (Lipinski definition) is 4. The lowest BCUT2D eigenvalue weighted by molar-refractivity contribution is 0.414. The molecule has 1 aromatic heterocycles. The molecule has 2 rings (SSSR count). The maximum atomic E-state index is 5.15. The third kappa shape index (κ3) is 4.17. The predicted octanol–water partition coefficient (Wildman–Crippen LogP) is 4.06. The van der Waals surface area contributed by atoms with Crippen molar-refractivity contribution in [1.82, 2.24) is 4.98 Å². The van der Waals surface area contributed by atoms with E-state index in [0.717, 1.165) is 34.5 Å². The number of nitrogens with zero attached hydrogens (tertiary/aromatic N) is 1. The van der Waals surface area contributed by atoms with Gasteiger partial charge in [-0.25, -0.2) is 4.98 Å². The van der Waals surface area contributed by atoms with Crippen LogP contribution in [0, 0.1) is 0 Å². The molecular weight excluding hydrogens is 256 g/mol. The molecule has 1 heterocycles. The molecular formula is C15H18N2OS. The molecule has 0 aliphatic rings. The molecule has 0 bridgehead atoms. The van der Waals surface area contributed by atoms with Crippen LogP contribution in [-0.2, 0) is 0 Å². The van der Waals surface area contributed by atoms with Gasteiger partial charge >= 0.3 is 0 Å². The molecule has 0 amide bonds. The number of ether oxygens (including phenoxy) is 1. The van der Waals surface area contributed by atoms with Crippen LogP contribution in [0.4, 0.5) is 5.82 Å². The fraction of sp³-hybridized carbons (Fsp3) is 0.267. The first-order chi connectivity index (χ1) is 9.31. The van der Waals surface area contributed by atoms with Gasteiger partial charge in [0.15, 0.2) is 0 Å². The number of aromatic nitrogens is 1. The number of nitrogens with one attached hydrogen (secondary N) is 1. The Balaban J connectivity index is 2.05. The quantitative estimate of drug-likeness (QED) is 0.861. The average molecular weight is 274 g/mol. The van der Waals surface area contributed by atoms with E-state index in [1.807, 2.05) is 42.5 Å². The molecule has 0 aliphatic carbocycles. The number of rotatable bonds is 6. The van der Waals surface area contributed by atoms with Gasteiger partial charge in [-0.1, -0.05) is 24.8 Å². The van der Waals surface area contributed by atoms with Crippen LogP contribution in [0.25, 0.3) is 0 Å². The maximum absolute atomic E-state index is 5.15. The van der Waals surface area contributed by atoms with Gasteiger partial charge in [0.2, 0.25) is 0 Å². The first kappa shape index (κ1) is 13.7. The fourth-order valence-corrected chi connectivity index (χ4v) is 2.39. The molecule has 100 valence electrons. The van der Waals surface area contributed by atoms with E-state index in [0.29, 0.717) is 0 Å². The number of benzene rings is 1. The molecule has 0 saturated heterocycles. The van der Waals surface area contributed by atoms with Crippen LogP contribution < -0.4 is 10.1 Å². The summed E-state index contributed by atoms with van der Waals surface area (Å²) in [5.41, 5.74) is 0. The molecule has 1 N–H and O–H groups in total. The van der Waals surface area contributed by atoms with Gasteiger partial charge in [-0.2, -0.15) is 0 Å². The smallest absolute Gasteiger partial charge is 0.127 e. The summed E-state index contributed by atoms with van der Waals surface area (Å²) in [4.78, 5) is 5.72. The Morgan fingerprint density at radius 1 is 1.16 bits per heavy atom. The Hall–Kier alpha value is -1.68. The van der Waals surface area contributed by atoms with Gasteiger partial charge < -0.3 is 10.1 Å². The molecule has 4 heteroatoms. The third-order valence-electron chi connectivity index (χ3n) is 2.56. The Morgan fingerprint density at radius 2 is 1.95 bits per heavy atom. The Morgan fingerprint density at radius 3 is 2.63 bits per heavy atom. The lowest BCUT2D eigenvalue weighted by Gasteiger charge is -2.06. The van der Waals surface area contributed by atoms with Crippen LogP contribution in [0.3, 0.4) is 0 Å². The zero-order valence-electron chi connectivity index (χ0n) is 11.2. The van der Waals surface area contributed by atoms with E-state index >= 15 is 0 Å². The summed E-state index contributed by atoms with van der Waals surface area (Å²) in [6.07, 6.45) is 1.09. The van der Waals surface area contributed by atoms with Crippen molar-refractivity contribution in [2.45, 2.75) is 23.3 Å². The second kappa shape index (κ2) is 7.04. The summed E-state index contributed by atoms with van der Waals surface area (Å²) in [5, 5.41) is 4.29. The maximum Gasteiger partial charge on any atom is 0.127 e. The number of anilines is 1. The summed E-state index contributed by atoms with van der Waals surface area (Å²) in [6.45, 7) is 3.09. The minimum absolute atomic E-state index is 0.871. The molecule has 0 atom stereocenters. The van der Waals surface area contributed by atoms with E-state index in [1.165, 1.54) is 0 Å². The largest absolute Gasteiger partial charge is 0.497 e. The molecule has 0 unspecified atom stereocenters. The van der Waals surface area contributed by atoms with E-state index in [9.17, 15) is 0 Å². The molecule has 19 heavy (non-hydrogen) atoms. The molecule has 0 radical (unpaired) electrons. The first-order valence-corrected chi connectivity index (χ1v) is 7.16. The number of hydrogen-bond donors (Lipinski definition) is 1. The Labute approximate surface area is 118 Å². The van der Waals surface area contributed by atoms with Crippen molar-refractivity contribution in [3.63, 3.8) is 0 Å². The van der Waals surface area contributed by atoms with Gasteiger partial charge in [0.05, 0.1) is 7.11 Å². The predicted molar refractivity (Wildman–Crippen MR) is 80.1 cm³/mol. The van der Waals surface area contributed by atoms with Crippen molar-refractivity contribution in [1.29, 1.82) is 0 Å². The highest BCUT2D eigenvalue weighted by molar-refractivity contribution is 7.99. The second-order valence-corrected chi connectivity index (χ2v) is 5.16. The minimum Gasteiger partial charge on any atom is -0.497 e. The SMILES string of the molecule is CCCNc1cccc(Sc2ccc(OC)cc2)n1. The molecule has 0 fully saturated rings. The minimum atomic E-state index is 0.871. The van der Waals surface area contributed by atoms with E-state index < -0.39 is 0 Å². The van der Waals surface area contributed by atoms with Crippen molar-refractivity contribution < 1.29 is 4.74 Å². The summed E-state index contributed by atoms with van der Waals surface area (Å²) in [5.74, 6) is 1.80. The highest BCUT2D eigenvalue weighted by atomic mass is 32.2. The lowest BCUT2D eigenvalue weighted by Crippen LogP contribution is -2.01. The highest BCUT2D eigenvalue weighted by Gasteiger charge is 2.01. The van der Waals surface area contributed by atoms with Crippen LogP contribution in [-0.4, -0.2) is 18.6 Å². The zero-order valence-corrected chi connectivity index (χ0v) is 12.0. The average Bonchev–Trinajstić information content (AvgIpc) is 2.46. The highest BCUT2D eigenvalue weighted by Crippen LogP contribution is 2.28. The van der Waals surface area contributed by atoms with Crippen molar-refractivity contribution >= 4 is 17.6 Å². The van der Waals surface area contributed by atoms with Crippen LogP contribution in [0.1, 0.15) is 13.3 Å². The van der Waals surface area contributed by atoms with Crippen molar-refractivity contribution in [3.05, 3.63) is 42.5 Å². The monoisotopic (exact) mass is 274 g/mol. The van der Waals surface area contributed by atoms with Gasteiger partial charge in [0.1, 0.15) is 16.6 Å². The number of pyridine rings is 1. The van der Waals surface area contributed by atoms with Crippen molar-refractivity contribution in [2.24, 2.45) is 0 Å². The summed E-state index contributed by atoms with van der Waals surface area (Å²) >= 11 is 1.65. The van der Waals surface area contributed by atoms with Crippen LogP contribution >= 0.6 is 11.8 Å². The molecule has 1 aromatic carbocycles. The fourth-order valence-electron chi connectivity index (χ4n) is 1.59. The number of methoxy groups -OCH3 is 1. The molecule has 0 spiro atoms. The van der Waals surface area contributed by atoms with Crippen molar-refractivity contribution in [3.8, 4) is 5.75 Å². The van der Waals surface area contributed by atoms with Gasteiger partial charge in [0, 0.05) is 11.4 Å². The normalized spacial score (nSPS) is 10.2. The van der Waals surface area contributed by atoms with Gasteiger partial charge in [0.25, 0.3) is 0 Å². The van der Waals surface area contributed by atoms with Crippen LogP contribution in [0.5, 0.6) is 5.75 Å². The molecule has 3 nitrogen and oxygen atoms in total. The van der Waals surface area contributed by atoms with E-state index in [-0.39, 0.29) is 0 Å². The standard InChI is InChI=1S/C15H18N2OS/c1-3-11-16-14-5-4-6-15(17-14)19-13-9-7-12(18-2)8-10-13/h4-10H,3,11H2,1-2H3,(H,16,17). The van der Waals surface area contributed by atoms with E-state index in [2.05, 4.69) is 17.2 Å². The van der Waals surface area contributed by atoms with Gasteiger partial charge in [-0.3, -0.25) is 0 Å². The van der Waals surface area contributed by atoms with E-state index in [1.54, 1.807) is 18.9 Å². The summed E-state index contributed by atoms with van der Waals surface area (Å²) in [7, 11) is 1.67. The van der Waals surface area contributed by atoms with Crippen LogP contribution in [0.15, 0.2) is 52.4 Å². The second-order valence-electron chi connectivity index (χ2n) is 4.07. The van der Waals surface area contributed by atoms with E-state index in [4.69, 9.17) is 4.74 Å². The Bertz CT molecular complexity index is 514. The topological polar surface area (TPSA) is 34.1 Å². The molecule has 2 aromatic rings. The molecule has 0 saturated carbocycles. The molecule has 0 aliphatic heterocycles. The Kier molecular flexibility index (Phi) is 5.10. The van der Waals surface area contributed by atoms with Crippen molar-refractivity contribution in [2.75, 3.05) is 19.0 Å². The first-order valence-electron chi connectivity index (χ1n) is 6.34. The van der Waals surface area contributed by atoms with Crippen LogP contribution in [0.2, 0.25) is 0 Å². The van der Waals surface area contributed by atoms with Gasteiger partial charge in [-0.15, -0.1) is 0 Å².